The van der Waals surface area contributed by atoms with Gasteiger partial charge in [0.25, 0.3) is 0 Å². The third kappa shape index (κ3) is 3.84. The number of aromatic nitrogens is 1. The molecule has 7 heteroatoms. The molecule has 3 rings (SSSR count). The predicted molar refractivity (Wildman–Crippen MR) is 96.7 cm³/mol. The van der Waals surface area contributed by atoms with E-state index in [4.69, 9.17) is 0 Å². The van der Waals surface area contributed by atoms with E-state index in [1.165, 1.54) is 36.2 Å². The molecule has 0 saturated heterocycles. The summed E-state index contributed by atoms with van der Waals surface area (Å²) in [5, 5.41) is 6.50. The minimum atomic E-state index is -3.23. The van der Waals surface area contributed by atoms with Crippen LogP contribution in [0.5, 0.6) is 0 Å². The van der Waals surface area contributed by atoms with Crippen LogP contribution in [0.2, 0.25) is 0 Å². The zero-order chi connectivity index (χ0) is 16.4. The van der Waals surface area contributed by atoms with Crippen molar-refractivity contribution in [2.75, 3.05) is 22.9 Å². The fraction of sp³-hybridized carbons (Fsp3) is 0.438. The van der Waals surface area contributed by atoms with Crippen molar-refractivity contribution >= 4 is 32.2 Å². The lowest BCUT2D eigenvalue weighted by molar-refractivity contribution is 0.600. The summed E-state index contributed by atoms with van der Waals surface area (Å²) < 4.78 is 24.4. The second-order valence-electron chi connectivity index (χ2n) is 5.94. The molecule has 0 amide bonds. The van der Waals surface area contributed by atoms with Gasteiger partial charge >= 0.3 is 0 Å². The van der Waals surface area contributed by atoms with Gasteiger partial charge < -0.3 is 5.32 Å². The topological polar surface area (TPSA) is 62.3 Å². The highest BCUT2D eigenvalue weighted by Crippen LogP contribution is 2.29. The third-order valence-corrected chi connectivity index (χ3v) is 6.19. The van der Waals surface area contributed by atoms with Gasteiger partial charge in [-0.25, -0.2) is 13.4 Å². The maximum atomic E-state index is 11.6. The summed E-state index contributed by atoms with van der Waals surface area (Å²) in [4.78, 5) is 4.64. The minimum Gasteiger partial charge on any atom is -0.359 e. The summed E-state index contributed by atoms with van der Waals surface area (Å²) in [6.45, 7) is 0. The second-order valence-corrected chi connectivity index (χ2v) is 8.81. The Kier molecular flexibility index (Phi) is 4.59. The molecule has 0 radical (unpaired) electrons. The van der Waals surface area contributed by atoms with Crippen LogP contribution in [0.25, 0.3) is 11.3 Å². The third-order valence-electron chi connectivity index (χ3n) is 4.21. The van der Waals surface area contributed by atoms with E-state index in [2.05, 4.69) is 10.3 Å². The molecular weight excluding hydrogens is 330 g/mol. The van der Waals surface area contributed by atoms with Crippen LogP contribution in [-0.4, -0.2) is 32.7 Å². The molecule has 0 unspecified atom stereocenters. The maximum absolute atomic E-state index is 11.6. The summed E-state index contributed by atoms with van der Waals surface area (Å²) in [6, 6.07) is 7.98. The zero-order valence-corrected chi connectivity index (χ0v) is 15.0. The van der Waals surface area contributed by atoms with Crippen molar-refractivity contribution in [3.05, 3.63) is 29.6 Å². The molecule has 0 aliphatic heterocycles. The van der Waals surface area contributed by atoms with E-state index in [1.807, 2.05) is 17.5 Å². The van der Waals surface area contributed by atoms with E-state index in [0.717, 1.165) is 16.4 Å². The molecule has 1 saturated carbocycles. The zero-order valence-electron chi connectivity index (χ0n) is 13.3. The summed E-state index contributed by atoms with van der Waals surface area (Å²) >= 11 is 1.62. The number of rotatable bonds is 5. The average Bonchev–Trinajstić information content (AvgIpc) is 3.18. The van der Waals surface area contributed by atoms with Crippen LogP contribution in [0.4, 0.5) is 10.8 Å². The Morgan fingerprint density at radius 1 is 1.22 bits per heavy atom. The first-order chi connectivity index (χ1) is 10.9. The first-order valence-electron chi connectivity index (χ1n) is 7.70. The molecule has 1 aromatic heterocycles. The molecule has 0 spiro atoms. The summed E-state index contributed by atoms with van der Waals surface area (Å²) in [6.07, 6.45) is 6.24. The molecule has 0 atom stereocenters. The van der Waals surface area contributed by atoms with Crippen LogP contribution < -0.4 is 9.62 Å². The molecule has 124 valence electrons. The molecule has 2 aromatic rings. The van der Waals surface area contributed by atoms with E-state index >= 15 is 0 Å². The van der Waals surface area contributed by atoms with Gasteiger partial charge in [-0.3, -0.25) is 4.31 Å². The number of hydrogen-bond donors (Lipinski definition) is 1. The summed E-state index contributed by atoms with van der Waals surface area (Å²) in [5.74, 6) is 0. The van der Waals surface area contributed by atoms with Gasteiger partial charge in [0.05, 0.1) is 17.6 Å². The number of thiazole rings is 1. The Morgan fingerprint density at radius 2 is 1.87 bits per heavy atom. The van der Waals surface area contributed by atoms with Gasteiger partial charge in [0.1, 0.15) is 0 Å². The Morgan fingerprint density at radius 3 is 2.48 bits per heavy atom. The van der Waals surface area contributed by atoms with Crippen LogP contribution in [0.3, 0.4) is 0 Å². The highest BCUT2D eigenvalue weighted by atomic mass is 32.2. The first-order valence-corrected chi connectivity index (χ1v) is 10.4. The molecule has 0 bridgehead atoms. The van der Waals surface area contributed by atoms with Gasteiger partial charge in [0, 0.05) is 24.0 Å². The van der Waals surface area contributed by atoms with Crippen molar-refractivity contribution in [2.45, 2.75) is 31.7 Å². The normalized spacial score (nSPS) is 15.7. The van der Waals surface area contributed by atoms with Crippen molar-refractivity contribution in [3.63, 3.8) is 0 Å². The standard InChI is InChI=1S/C16H21N3O2S2/c1-19(23(2,20)21)14-9-7-12(8-10-14)15-11-22-16(18-15)17-13-5-3-4-6-13/h7-11,13H,3-6H2,1-2H3,(H,17,18). The fourth-order valence-corrected chi connectivity index (χ4v) is 4.05. The minimum absolute atomic E-state index is 0.555. The summed E-state index contributed by atoms with van der Waals surface area (Å²) in [7, 11) is -1.68. The van der Waals surface area contributed by atoms with Gasteiger partial charge in [-0.05, 0) is 25.0 Å². The highest BCUT2D eigenvalue weighted by Gasteiger charge is 2.16. The monoisotopic (exact) mass is 351 g/mol. The van der Waals surface area contributed by atoms with Gasteiger partial charge in [-0.2, -0.15) is 0 Å². The van der Waals surface area contributed by atoms with Gasteiger partial charge in [-0.1, -0.05) is 25.0 Å². The number of benzene rings is 1. The lowest BCUT2D eigenvalue weighted by Crippen LogP contribution is -2.24. The van der Waals surface area contributed by atoms with E-state index in [1.54, 1.807) is 30.5 Å². The van der Waals surface area contributed by atoms with Gasteiger partial charge in [0.15, 0.2) is 5.13 Å². The average molecular weight is 351 g/mol. The molecule has 1 aliphatic carbocycles. The lowest BCUT2D eigenvalue weighted by atomic mass is 10.1. The number of anilines is 2. The van der Waals surface area contributed by atoms with E-state index < -0.39 is 10.0 Å². The van der Waals surface area contributed by atoms with Crippen LogP contribution in [0.1, 0.15) is 25.7 Å². The molecule has 1 heterocycles. The van der Waals surface area contributed by atoms with Crippen molar-refractivity contribution < 1.29 is 8.42 Å². The van der Waals surface area contributed by atoms with E-state index in [0.29, 0.717) is 11.7 Å². The van der Waals surface area contributed by atoms with Crippen molar-refractivity contribution in [1.29, 1.82) is 0 Å². The molecular formula is C16H21N3O2S2. The lowest BCUT2D eigenvalue weighted by Gasteiger charge is -2.16. The van der Waals surface area contributed by atoms with Gasteiger partial charge in [-0.15, -0.1) is 11.3 Å². The van der Waals surface area contributed by atoms with Crippen LogP contribution in [0.15, 0.2) is 29.6 Å². The Hall–Kier alpha value is -1.60. The molecule has 1 N–H and O–H groups in total. The molecule has 1 aromatic carbocycles. The van der Waals surface area contributed by atoms with Crippen molar-refractivity contribution in [2.24, 2.45) is 0 Å². The molecule has 23 heavy (non-hydrogen) atoms. The Balaban J connectivity index is 1.73. The Labute approximate surface area is 141 Å². The van der Waals surface area contributed by atoms with Crippen molar-refractivity contribution in [1.82, 2.24) is 4.98 Å². The van der Waals surface area contributed by atoms with E-state index in [-0.39, 0.29) is 0 Å². The smallest absolute Gasteiger partial charge is 0.231 e. The number of sulfonamides is 1. The summed E-state index contributed by atoms with van der Waals surface area (Å²) in [5.41, 5.74) is 2.56. The number of nitrogens with zero attached hydrogens (tertiary/aromatic N) is 2. The highest BCUT2D eigenvalue weighted by molar-refractivity contribution is 7.92. The maximum Gasteiger partial charge on any atom is 0.231 e. The number of nitrogens with one attached hydrogen (secondary N) is 1. The predicted octanol–water partition coefficient (Wildman–Crippen LogP) is 3.56. The fourth-order valence-electron chi connectivity index (χ4n) is 2.75. The van der Waals surface area contributed by atoms with Crippen molar-refractivity contribution in [3.8, 4) is 11.3 Å². The quantitative estimate of drug-likeness (QED) is 0.895. The molecule has 1 aliphatic rings. The number of hydrogen-bond acceptors (Lipinski definition) is 5. The second kappa shape index (κ2) is 6.49. The first kappa shape index (κ1) is 16.3. The Bertz CT molecular complexity index is 763. The van der Waals surface area contributed by atoms with Crippen LogP contribution in [-0.2, 0) is 10.0 Å². The van der Waals surface area contributed by atoms with Crippen LogP contribution >= 0.6 is 11.3 Å². The largest absolute Gasteiger partial charge is 0.359 e. The van der Waals surface area contributed by atoms with Gasteiger partial charge in [0.2, 0.25) is 10.0 Å². The van der Waals surface area contributed by atoms with Crippen LogP contribution in [0, 0.1) is 0 Å². The molecule has 5 nitrogen and oxygen atoms in total. The SMILES string of the molecule is CN(c1ccc(-c2csc(NC3CCCC3)n2)cc1)S(C)(=O)=O. The molecule has 1 fully saturated rings. The van der Waals surface area contributed by atoms with E-state index in [9.17, 15) is 8.42 Å².